The van der Waals surface area contributed by atoms with Gasteiger partial charge in [0.1, 0.15) is 13.2 Å². The number of unbranched alkanes of at least 4 members (excludes halogenated alkanes) is 28. The fraction of sp³-hybridized carbons (Fsp3) is 0.964. The molecule has 0 rings (SSSR count). The molecule has 0 spiro atoms. The first-order valence-electron chi connectivity index (χ1n) is 27.1. The van der Waals surface area contributed by atoms with Crippen LogP contribution in [-0.4, -0.2) is 112 Å². The van der Waals surface area contributed by atoms with Crippen LogP contribution in [0.5, 0.6) is 0 Å². The van der Waals surface area contributed by atoms with Gasteiger partial charge in [0, 0.05) is 0 Å². The summed E-state index contributed by atoms with van der Waals surface area (Å²) >= 11 is 0. The summed E-state index contributed by atoms with van der Waals surface area (Å²) in [5.41, 5.74) is -0.678. The first kappa shape index (κ1) is 69.5. The second-order valence-electron chi connectivity index (χ2n) is 22.0. The second kappa shape index (κ2) is 43.1. The molecule has 0 fully saturated rings. The van der Waals surface area contributed by atoms with Crippen LogP contribution in [0.15, 0.2) is 0 Å². The Bertz CT molecular complexity index is 1000. The molecule has 65 heavy (non-hydrogen) atoms. The van der Waals surface area contributed by atoms with Gasteiger partial charge >= 0.3 is 11.9 Å². The number of carbonyl (C=O) groups excluding carboxylic acids is 2. The zero-order valence-electron chi connectivity index (χ0n) is 45.4. The molecule has 8 nitrogen and oxygen atoms in total. The van der Waals surface area contributed by atoms with Crippen molar-refractivity contribution in [2.75, 3.05) is 67.7 Å². The number of ether oxygens (including phenoxy) is 4. The number of nitrogens with zero attached hydrogens (tertiary/aromatic N) is 2. The first-order valence-corrected chi connectivity index (χ1v) is 27.1. The highest BCUT2D eigenvalue weighted by Crippen LogP contribution is 2.24. The minimum absolute atomic E-state index is 0. The Morgan fingerprint density at radius 1 is 0.369 bits per heavy atom. The summed E-state index contributed by atoms with van der Waals surface area (Å²) in [6.45, 7) is 21.3. The van der Waals surface area contributed by atoms with Gasteiger partial charge in [-0.3, -0.25) is 0 Å². The summed E-state index contributed by atoms with van der Waals surface area (Å²) in [5, 5.41) is 0. The zero-order chi connectivity index (χ0) is 47.3. The zero-order valence-corrected chi connectivity index (χ0v) is 49.7. The van der Waals surface area contributed by atoms with Gasteiger partial charge in [-0.05, 0) is 86.5 Å². The predicted octanol–water partition coefficient (Wildman–Crippen LogP) is 8.73. The van der Waals surface area contributed by atoms with E-state index < -0.39 is 0 Å². The lowest BCUT2D eigenvalue weighted by molar-refractivity contribution is -0.928. The summed E-state index contributed by atoms with van der Waals surface area (Å²) in [6.07, 6.45) is 40.3. The van der Waals surface area contributed by atoms with Gasteiger partial charge < -0.3 is 75.9 Å². The summed E-state index contributed by atoms with van der Waals surface area (Å²) < 4.78 is 24.7. The summed E-state index contributed by atoms with van der Waals surface area (Å²) in [7, 11) is 7.54. The Balaban J connectivity index is -0.0000192. The van der Waals surface area contributed by atoms with E-state index in [0.29, 0.717) is 22.2 Å². The summed E-state index contributed by atoms with van der Waals surface area (Å²) in [5.74, 6) is -0.353. The number of quaternary nitrogens is 2. The van der Waals surface area contributed by atoms with Crippen LogP contribution in [-0.2, 0) is 28.5 Å². The fourth-order valence-corrected chi connectivity index (χ4v) is 9.24. The maximum absolute atomic E-state index is 13.4. The van der Waals surface area contributed by atoms with E-state index in [1.165, 1.54) is 181 Å². The van der Waals surface area contributed by atoms with Gasteiger partial charge in [-0.25, -0.2) is 9.59 Å². The average Bonchev–Trinajstić information content (AvgIpc) is 3.22. The van der Waals surface area contributed by atoms with Gasteiger partial charge in [-0.15, -0.1) is 0 Å². The first-order chi connectivity index (χ1) is 30.0. The molecule has 0 saturated carbocycles. The molecule has 0 aromatic heterocycles. The van der Waals surface area contributed by atoms with Gasteiger partial charge in [0.05, 0.1) is 65.7 Å². The molecule has 2 unspecified atom stereocenters. The molecule has 0 radical (unpaired) electrons. The third kappa shape index (κ3) is 38.7. The van der Waals surface area contributed by atoms with Crippen molar-refractivity contribution in [3.63, 3.8) is 0 Å². The third-order valence-corrected chi connectivity index (χ3v) is 13.7. The third-order valence-electron chi connectivity index (χ3n) is 13.7. The maximum atomic E-state index is 13.4. The van der Waals surface area contributed by atoms with Crippen LogP contribution in [0.3, 0.4) is 0 Å². The number of carbonyl (C=O) groups is 2. The number of rotatable bonds is 44. The van der Waals surface area contributed by atoms with E-state index in [-0.39, 0.29) is 83.2 Å². The number of likely N-dealkylation sites (N-methyl/N-ethyl adjacent to an activating group) is 2. The number of halogens is 2. The van der Waals surface area contributed by atoms with Crippen LogP contribution in [0.25, 0.3) is 0 Å². The number of hydrogen-bond acceptors (Lipinski definition) is 6. The minimum Gasteiger partial charge on any atom is -1.00 e. The van der Waals surface area contributed by atoms with Crippen molar-refractivity contribution in [1.82, 2.24) is 0 Å². The number of esters is 2. The molecule has 0 aliphatic rings. The second-order valence-corrected chi connectivity index (χ2v) is 22.0. The van der Waals surface area contributed by atoms with Gasteiger partial charge in [0.25, 0.3) is 0 Å². The van der Waals surface area contributed by atoms with E-state index in [4.69, 9.17) is 18.9 Å². The fourth-order valence-electron chi connectivity index (χ4n) is 9.24. The lowest BCUT2D eigenvalue weighted by Crippen LogP contribution is -3.00. The molecule has 0 bridgehead atoms. The van der Waals surface area contributed by atoms with Gasteiger partial charge in [-0.1, -0.05) is 168 Å². The smallest absolute Gasteiger partial charge is 0.367 e. The van der Waals surface area contributed by atoms with E-state index in [1.54, 1.807) is 0 Å². The predicted molar refractivity (Wildman–Crippen MR) is 269 cm³/mol. The molecule has 0 heterocycles. The van der Waals surface area contributed by atoms with Crippen LogP contribution in [0.2, 0.25) is 0 Å². The van der Waals surface area contributed by atoms with E-state index in [0.717, 1.165) is 58.3 Å². The lowest BCUT2D eigenvalue weighted by atomic mass is 10.0. The molecule has 10 heteroatoms. The highest BCUT2D eigenvalue weighted by Gasteiger charge is 2.41. The largest absolute Gasteiger partial charge is 1.00 e. The topological polar surface area (TPSA) is 71.1 Å². The van der Waals surface area contributed by atoms with Gasteiger partial charge in [0.15, 0.2) is 0 Å². The monoisotopic (exact) mass is 1150 g/mol. The Morgan fingerprint density at radius 3 is 0.738 bits per heavy atom. The average molecular weight is 1150 g/mol. The lowest BCUT2D eigenvalue weighted by Gasteiger charge is -2.42. The Morgan fingerprint density at radius 2 is 0.554 bits per heavy atom. The van der Waals surface area contributed by atoms with Crippen molar-refractivity contribution in [2.24, 2.45) is 0 Å². The molecule has 0 N–H and O–H groups in total. The molecular weight excluding hydrogens is 1040 g/mol. The van der Waals surface area contributed by atoms with Crippen molar-refractivity contribution < 1.29 is 85.5 Å². The highest BCUT2D eigenvalue weighted by molar-refractivity contribution is 5.75. The van der Waals surface area contributed by atoms with Gasteiger partial charge in [-0.2, -0.15) is 0 Å². The van der Waals surface area contributed by atoms with Crippen molar-refractivity contribution in [1.29, 1.82) is 0 Å². The number of methoxy groups -OCH3 is 2. The Kier molecular flexibility index (Phi) is 46.0. The van der Waals surface area contributed by atoms with Crippen molar-refractivity contribution in [3.8, 4) is 0 Å². The Hall–Kier alpha value is 0.240. The van der Waals surface area contributed by atoms with Crippen LogP contribution in [0, 0.1) is 0 Å². The van der Waals surface area contributed by atoms with E-state index in [1.807, 2.05) is 0 Å². The summed E-state index contributed by atoms with van der Waals surface area (Å²) in [4.78, 5) is 26.9. The van der Waals surface area contributed by atoms with Crippen molar-refractivity contribution >= 4 is 11.9 Å². The quantitative estimate of drug-likeness (QED) is 0.0263. The van der Waals surface area contributed by atoms with Crippen molar-refractivity contribution in [2.45, 2.75) is 278 Å². The normalized spacial score (nSPS) is 14.7. The van der Waals surface area contributed by atoms with Gasteiger partial charge in [0.2, 0.25) is 12.1 Å². The van der Waals surface area contributed by atoms with Crippen LogP contribution in [0.1, 0.15) is 254 Å². The van der Waals surface area contributed by atoms with Crippen LogP contribution >= 0.6 is 0 Å². The highest BCUT2D eigenvalue weighted by atomic mass is 127. The summed E-state index contributed by atoms with van der Waals surface area (Å²) in [6, 6.07) is -0.730. The SMILES string of the molecule is CCCCCCCCCCCCCCCC[N+](C)(CCCCC[N+](C)(CCCCCCCCCCCCCCCC)[C@@H](COC(C)(C)C)C(=O)OC)[C@@H](COC(C)(C)C)C(=O)OC.[I-].[I-]. The number of hydrogen-bond donors (Lipinski definition) is 0. The minimum atomic E-state index is -0.365. The molecule has 0 aliphatic heterocycles. The van der Waals surface area contributed by atoms with E-state index in [9.17, 15) is 9.59 Å². The maximum Gasteiger partial charge on any atom is 0.367 e. The van der Waals surface area contributed by atoms with Crippen LogP contribution in [0.4, 0.5) is 0 Å². The standard InChI is InChI=1S/C55H112N2O6.2HI/c1-13-15-17-19-21-23-25-27-29-31-33-35-37-40-44-56(9,50(52(58)60-11)48-62-54(3,4)5)46-42-39-43-47-57(10,51(53(59)61-12)49-63-55(6,7)8)45-41-38-36-34-32-30-28-26-24-22-20-18-16-14-2;;/h50-51H,13-49H2,1-12H3;2*1H/q+2;;/p-2/t50-,51-,56?,57?;;/m0../s1. The molecular formula is C55H112I2N2O6. The molecule has 4 atom stereocenters. The molecule has 0 amide bonds. The molecule has 0 aromatic rings. The van der Waals surface area contributed by atoms with E-state index in [2.05, 4.69) is 69.5 Å². The van der Waals surface area contributed by atoms with Crippen molar-refractivity contribution in [3.05, 3.63) is 0 Å². The Labute approximate surface area is 439 Å². The molecule has 0 aromatic carbocycles. The molecule has 0 aliphatic carbocycles. The van der Waals surface area contributed by atoms with E-state index >= 15 is 0 Å². The van der Waals surface area contributed by atoms with Crippen LogP contribution < -0.4 is 48.0 Å². The molecule has 0 saturated heterocycles. The molecule has 392 valence electrons.